The Bertz CT molecular complexity index is 237. The van der Waals surface area contributed by atoms with Crippen LogP contribution in [0.25, 0.3) is 0 Å². The van der Waals surface area contributed by atoms with Gasteiger partial charge in [-0.15, -0.1) is 0 Å². The fourth-order valence-electron chi connectivity index (χ4n) is 2.87. The summed E-state index contributed by atoms with van der Waals surface area (Å²) in [5.74, 6) is 0.713. The van der Waals surface area contributed by atoms with Crippen LogP contribution in [0.15, 0.2) is 0 Å². The molecule has 14 heavy (non-hydrogen) atoms. The predicted molar refractivity (Wildman–Crippen MR) is 51.8 cm³/mol. The number of carbonyl (C=O) groups is 1. The van der Waals surface area contributed by atoms with Gasteiger partial charge < -0.3 is 10.2 Å². The van der Waals surface area contributed by atoms with E-state index in [0.717, 1.165) is 12.8 Å². The molecule has 3 atom stereocenters. The zero-order chi connectivity index (χ0) is 10.3. The van der Waals surface area contributed by atoms with E-state index in [4.69, 9.17) is 0 Å². The van der Waals surface area contributed by atoms with E-state index in [1.54, 1.807) is 6.92 Å². The second-order valence-electron chi connectivity index (χ2n) is 5.14. The van der Waals surface area contributed by atoms with Crippen molar-refractivity contribution in [2.24, 2.45) is 17.3 Å². The Labute approximate surface area is 84.1 Å². The molecule has 0 aliphatic heterocycles. The van der Waals surface area contributed by atoms with Crippen LogP contribution in [-0.4, -0.2) is 22.3 Å². The molecule has 80 valence electrons. The fraction of sp³-hybridized carbons (Fsp3) is 0.909. The van der Waals surface area contributed by atoms with Crippen LogP contribution in [-0.2, 0) is 4.79 Å². The largest absolute Gasteiger partial charge is 0.481 e. The molecular formula is C11H18O3. The van der Waals surface area contributed by atoms with Gasteiger partial charge in [-0.1, -0.05) is 0 Å². The number of hydrogen-bond donors (Lipinski definition) is 2. The molecule has 2 aliphatic carbocycles. The van der Waals surface area contributed by atoms with Gasteiger partial charge in [0, 0.05) is 0 Å². The van der Waals surface area contributed by atoms with Crippen molar-refractivity contribution >= 4 is 5.97 Å². The molecule has 0 saturated heterocycles. The minimum Gasteiger partial charge on any atom is -0.481 e. The van der Waals surface area contributed by atoms with Crippen molar-refractivity contribution in [3.05, 3.63) is 0 Å². The molecule has 0 aromatic rings. The van der Waals surface area contributed by atoms with E-state index in [1.165, 1.54) is 6.42 Å². The number of carboxylic acids is 1. The van der Waals surface area contributed by atoms with E-state index in [0.29, 0.717) is 24.7 Å². The quantitative estimate of drug-likeness (QED) is 0.722. The standard InChI is InChI=1S/C11H18O3/c1-7(12)2-3-11(10(13)14)5-8-4-9(8)6-11/h7-9,12H,2-6H2,1H3,(H,13,14). The molecule has 3 unspecified atom stereocenters. The number of aliphatic carboxylic acids is 1. The van der Waals surface area contributed by atoms with Crippen LogP contribution in [0.1, 0.15) is 39.0 Å². The Balaban J connectivity index is 1.97. The van der Waals surface area contributed by atoms with Crippen LogP contribution in [0.2, 0.25) is 0 Å². The lowest BCUT2D eigenvalue weighted by molar-refractivity contribution is -0.150. The molecule has 0 heterocycles. The Hall–Kier alpha value is -0.570. The molecule has 0 radical (unpaired) electrons. The van der Waals surface area contributed by atoms with Gasteiger partial charge in [0.05, 0.1) is 11.5 Å². The summed E-state index contributed by atoms with van der Waals surface area (Å²) in [7, 11) is 0. The van der Waals surface area contributed by atoms with Gasteiger partial charge in [-0.3, -0.25) is 4.79 Å². The molecule has 2 rings (SSSR count). The van der Waals surface area contributed by atoms with Gasteiger partial charge in [0.2, 0.25) is 0 Å². The van der Waals surface area contributed by atoms with E-state index in [1.807, 2.05) is 0 Å². The van der Waals surface area contributed by atoms with Crippen molar-refractivity contribution in [1.82, 2.24) is 0 Å². The number of rotatable bonds is 4. The first-order valence-electron chi connectivity index (χ1n) is 5.45. The van der Waals surface area contributed by atoms with E-state index in [9.17, 15) is 15.0 Å². The summed E-state index contributed by atoms with van der Waals surface area (Å²) < 4.78 is 0. The lowest BCUT2D eigenvalue weighted by atomic mass is 9.78. The van der Waals surface area contributed by atoms with Crippen LogP contribution in [0.4, 0.5) is 0 Å². The van der Waals surface area contributed by atoms with Gasteiger partial charge in [-0.05, 0) is 50.9 Å². The number of aliphatic hydroxyl groups excluding tert-OH is 1. The maximum absolute atomic E-state index is 11.2. The third-order valence-electron chi connectivity index (χ3n) is 3.87. The Morgan fingerprint density at radius 2 is 2.07 bits per heavy atom. The van der Waals surface area contributed by atoms with E-state index >= 15 is 0 Å². The van der Waals surface area contributed by atoms with Crippen LogP contribution >= 0.6 is 0 Å². The molecule has 2 saturated carbocycles. The van der Waals surface area contributed by atoms with Crippen molar-refractivity contribution in [3.8, 4) is 0 Å². The van der Waals surface area contributed by atoms with Crippen LogP contribution in [0.3, 0.4) is 0 Å². The van der Waals surface area contributed by atoms with Crippen LogP contribution < -0.4 is 0 Å². The van der Waals surface area contributed by atoms with E-state index in [-0.39, 0.29) is 6.10 Å². The Morgan fingerprint density at radius 1 is 1.50 bits per heavy atom. The average molecular weight is 198 g/mol. The SMILES string of the molecule is CC(O)CCC1(C(=O)O)CC2CC2C1. The van der Waals surface area contributed by atoms with Crippen molar-refractivity contribution in [3.63, 3.8) is 0 Å². The molecule has 2 aliphatic rings. The van der Waals surface area contributed by atoms with Gasteiger partial charge >= 0.3 is 5.97 Å². The molecule has 2 fully saturated rings. The first kappa shape index (κ1) is 9.97. The molecule has 0 bridgehead atoms. The molecule has 3 heteroatoms. The lowest BCUT2D eigenvalue weighted by Crippen LogP contribution is -2.30. The van der Waals surface area contributed by atoms with E-state index < -0.39 is 11.4 Å². The van der Waals surface area contributed by atoms with Gasteiger partial charge in [-0.25, -0.2) is 0 Å². The third kappa shape index (κ3) is 1.65. The summed E-state index contributed by atoms with van der Waals surface area (Å²) in [4.78, 5) is 11.2. The Morgan fingerprint density at radius 3 is 2.50 bits per heavy atom. The number of carboxylic acid groups (broad SMARTS) is 1. The maximum Gasteiger partial charge on any atom is 0.309 e. The number of aliphatic hydroxyl groups is 1. The Kier molecular flexibility index (Phi) is 2.30. The molecule has 0 amide bonds. The maximum atomic E-state index is 11.2. The average Bonchev–Trinajstić information content (AvgIpc) is 2.71. The summed E-state index contributed by atoms with van der Waals surface area (Å²) >= 11 is 0. The molecule has 3 nitrogen and oxygen atoms in total. The highest BCUT2D eigenvalue weighted by Gasteiger charge is 2.57. The van der Waals surface area contributed by atoms with Crippen molar-refractivity contribution in [2.75, 3.05) is 0 Å². The smallest absolute Gasteiger partial charge is 0.309 e. The summed E-state index contributed by atoms with van der Waals surface area (Å²) in [6, 6.07) is 0. The van der Waals surface area contributed by atoms with Crippen molar-refractivity contribution in [1.29, 1.82) is 0 Å². The van der Waals surface area contributed by atoms with Crippen molar-refractivity contribution < 1.29 is 15.0 Å². The summed E-state index contributed by atoms with van der Waals surface area (Å²) in [5, 5.41) is 18.4. The number of hydrogen-bond acceptors (Lipinski definition) is 2. The molecular weight excluding hydrogens is 180 g/mol. The van der Waals surface area contributed by atoms with Gasteiger partial charge in [0.25, 0.3) is 0 Å². The second kappa shape index (κ2) is 3.23. The highest BCUT2D eigenvalue weighted by molar-refractivity contribution is 5.75. The highest BCUT2D eigenvalue weighted by atomic mass is 16.4. The van der Waals surface area contributed by atoms with Crippen LogP contribution in [0.5, 0.6) is 0 Å². The highest BCUT2D eigenvalue weighted by Crippen LogP contribution is 2.61. The van der Waals surface area contributed by atoms with Crippen molar-refractivity contribution in [2.45, 2.75) is 45.1 Å². The third-order valence-corrected chi connectivity index (χ3v) is 3.87. The topological polar surface area (TPSA) is 57.5 Å². The van der Waals surface area contributed by atoms with Gasteiger partial charge in [-0.2, -0.15) is 0 Å². The first-order valence-corrected chi connectivity index (χ1v) is 5.45. The zero-order valence-electron chi connectivity index (χ0n) is 8.57. The molecule has 2 N–H and O–H groups in total. The molecule has 0 spiro atoms. The predicted octanol–water partition coefficient (Wildman–Crippen LogP) is 1.65. The van der Waals surface area contributed by atoms with Gasteiger partial charge in [0.1, 0.15) is 0 Å². The normalized spacial score (nSPS) is 41.9. The summed E-state index contributed by atoms with van der Waals surface area (Å²) in [6.07, 6.45) is 3.82. The fourth-order valence-corrected chi connectivity index (χ4v) is 2.87. The monoisotopic (exact) mass is 198 g/mol. The van der Waals surface area contributed by atoms with Gasteiger partial charge in [0.15, 0.2) is 0 Å². The first-order chi connectivity index (χ1) is 6.53. The lowest BCUT2D eigenvalue weighted by Gasteiger charge is -2.26. The number of fused-ring (bicyclic) bond motifs is 1. The second-order valence-corrected chi connectivity index (χ2v) is 5.14. The van der Waals surface area contributed by atoms with E-state index in [2.05, 4.69) is 0 Å². The zero-order valence-corrected chi connectivity index (χ0v) is 8.57. The minimum atomic E-state index is -0.648. The minimum absolute atomic E-state index is 0.372. The molecule has 0 aromatic carbocycles. The summed E-state index contributed by atoms with van der Waals surface area (Å²) in [6.45, 7) is 1.73. The molecule has 0 aromatic heterocycles. The summed E-state index contributed by atoms with van der Waals surface area (Å²) in [5.41, 5.74) is -0.495. The van der Waals surface area contributed by atoms with Crippen LogP contribution in [0, 0.1) is 17.3 Å².